The van der Waals surface area contributed by atoms with Crippen LogP contribution in [-0.2, 0) is 11.3 Å². The van der Waals surface area contributed by atoms with Gasteiger partial charge in [-0.25, -0.2) is 0 Å². The maximum absolute atomic E-state index is 6.15. The maximum atomic E-state index is 6.15. The van der Waals surface area contributed by atoms with E-state index in [-0.39, 0.29) is 5.60 Å². The summed E-state index contributed by atoms with van der Waals surface area (Å²) < 4.78 is 6.15. The van der Waals surface area contributed by atoms with E-state index in [4.69, 9.17) is 4.74 Å². The van der Waals surface area contributed by atoms with Crippen molar-refractivity contribution in [2.24, 2.45) is 0 Å². The van der Waals surface area contributed by atoms with Gasteiger partial charge in [0.2, 0.25) is 0 Å². The van der Waals surface area contributed by atoms with E-state index in [2.05, 4.69) is 22.4 Å². The van der Waals surface area contributed by atoms with Gasteiger partial charge in [0.1, 0.15) is 0 Å². The third-order valence-electron chi connectivity index (χ3n) is 4.83. The second-order valence-electron chi connectivity index (χ2n) is 6.47. The third kappa shape index (κ3) is 3.39. The quantitative estimate of drug-likeness (QED) is 0.917. The predicted molar refractivity (Wildman–Crippen MR) is 80.6 cm³/mol. The number of ether oxygens (including phenoxy) is 1. The summed E-state index contributed by atoms with van der Waals surface area (Å²) in [7, 11) is 0. The number of hydrogen-bond donors (Lipinski definition) is 1. The van der Waals surface area contributed by atoms with Crippen LogP contribution in [0, 0.1) is 6.92 Å². The molecule has 0 aromatic carbocycles. The molecule has 2 fully saturated rings. The first-order chi connectivity index (χ1) is 9.76. The van der Waals surface area contributed by atoms with E-state index in [0.717, 1.165) is 25.3 Å². The van der Waals surface area contributed by atoms with Crippen LogP contribution in [0.5, 0.6) is 0 Å². The predicted octanol–water partition coefficient (Wildman–Crippen LogP) is 3.36. The highest BCUT2D eigenvalue weighted by molar-refractivity contribution is 5.13. The number of aromatic nitrogens is 1. The van der Waals surface area contributed by atoms with Gasteiger partial charge in [-0.05, 0) is 44.2 Å². The minimum absolute atomic E-state index is 0.194. The second kappa shape index (κ2) is 6.23. The molecule has 1 N–H and O–H groups in total. The van der Waals surface area contributed by atoms with Crippen LogP contribution in [-0.4, -0.2) is 23.2 Å². The highest BCUT2D eigenvalue weighted by atomic mass is 16.5. The van der Waals surface area contributed by atoms with Crippen molar-refractivity contribution in [2.45, 2.75) is 70.1 Å². The molecule has 0 amide bonds. The Morgan fingerprint density at radius 1 is 1.30 bits per heavy atom. The Bertz CT molecular complexity index is 418. The fourth-order valence-corrected chi connectivity index (χ4v) is 3.61. The lowest BCUT2D eigenvalue weighted by molar-refractivity contribution is -0.109. The van der Waals surface area contributed by atoms with Gasteiger partial charge >= 0.3 is 0 Å². The average Bonchev–Trinajstić information content (AvgIpc) is 2.48. The highest BCUT2D eigenvalue weighted by Crippen LogP contribution is 2.38. The summed E-state index contributed by atoms with van der Waals surface area (Å²) in [6.07, 6.45) is 10.9. The van der Waals surface area contributed by atoms with Crippen molar-refractivity contribution in [3.8, 4) is 0 Å². The zero-order chi connectivity index (χ0) is 13.8. The van der Waals surface area contributed by atoms with Gasteiger partial charge in [-0.3, -0.25) is 4.98 Å². The minimum Gasteiger partial charge on any atom is -0.375 e. The van der Waals surface area contributed by atoms with Crippen molar-refractivity contribution in [1.29, 1.82) is 0 Å². The zero-order valence-corrected chi connectivity index (χ0v) is 12.5. The van der Waals surface area contributed by atoms with E-state index in [1.165, 1.54) is 44.1 Å². The molecule has 1 aromatic heterocycles. The molecule has 1 atom stereocenters. The molecule has 1 saturated carbocycles. The van der Waals surface area contributed by atoms with Crippen LogP contribution in [0.2, 0.25) is 0 Å². The molecule has 3 nitrogen and oxygen atoms in total. The molecule has 1 aliphatic heterocycles. The molecule has 0 bridgehead atoms. The molecule has 2 heterocycles. The summed E-state index contributed by atoms with van der Waals surface area (Å²) in [6, 6.07) is 4.86. The van der Waals surface area contributed by atoms with Crippen molar-refractivity contribution in [3.05, 3.63) is 29.6 Å². The molecular weight excluding hydrogens is 248 g/mol. The average molecular weight is 274 g/mol. The molecular formula is C17H26N2O. The van der Waals surface area contributed by atoms with Crippen molar-refractivity contribution in [1.82, 2.24) is 10.3 Å². The summed E-state index contributed by atoms with van der Waals surface area (Å²) in [6.45, 7) is 3.88. The normalized spacial score (nSPS) is 25.8. The molecule has 3 heteroatoms. The van der Waals surface area contributed by atoms with Gasteiger partial charge in [0.05, 0.1) is 5.60 Å². The molecule has 1 aliphatic carbocycles. The van der Waals surface area contributed by atoms with Gasteiger partial charge in [-0.2, -0.15) is 0 Å². The fraction of sp³-hybridized carbons (Fsp3) is 0.706. The summed E-state index contributed by atoms with van der Waals surface area (Å²) in [4.78, 5) is 4.36. The number of nitrogens with zero attached hydrogens (tertiary/aromatic N) is 1. The van der Waals surface area contributed by atoms with Crippen molar-refractivity contribution >= 4 is 0 Å². The lowest BCUT2D eigenvalue weighted by atomic mass is 9.78. The van der Waals surface area contributed by atoms with Crippen LogP contribution >= 0.6 is 0 Å². The lowest BCUT2D eigenvalue weighted by Gasteiger charge is -2.43. The fourth-order valence-electron chi connectivity index (χ4n) is 3.61. The molecule has 2 aliphatic rings. The SMILES string of the molecule is Cc1ccc(CNC2CCOC3(CCCCC3)C2)cn1. The molecule has 110 valence electrons. The number of nitrogens with one attached hydrogen (secondary N) is 1. The number of aryl methyl sites for hydroxylation is 1. The summed E-state index contributed by atoms with van der Waals surface area (Å²) in [5.41, 5.74) is 2.56. The highest BCUT2D eigenvalue weighted by Gasteiger charge is 2.38. The Morgan fingerprint density at radius 2 is 2.15 bits per heavy atom. The molecule has 3 rings (SSSR count). The number of hydrogen-bond acceptors (Lipinski definition) is 3. The Balaban J connectivity index is 1.53. The molecule has 0 radical (unpaired) electrons. The zero-order valence-electron chi connectivity index (χ0n) is 12.5. The molecule has 1 saturated heterocycles. The van der Waals surface area contributed by atoms with Crippen LogP contribution in [0.4, 0.5) is 0 Å². The Labute approximate surface area is 122 Å². The maximum Gasteiger partial charge on any atom is 0.0697 e. The van der Waals surface area contributed by atoms with Gasteiger partial charge in [-0.1, -0.05) is 25.3 Å². The molecule has 1 unspecified atom stereocenters. The van der Waals surface area contributed by atoms with Crippen molar-refractivity contribution in [3.63, 3.8) is 0 Å². The van der Waals surface area contributed by atoms with Crippen LogP contribution in [0.25, 0.3) is 0 Å². The van der Waals surface area contributed by atoms with E-state index < -0.39 is 0 Å². The Kier molecular flexibility index (Phi) is 4.37. The first-order valence-electron chi connectivity index (χ1n) is 8.05. The van der Waals surface area contributed by atoms with Crippen molar-refractivity contribution in [2.75, 3.05) is 6.61 Å². The minimum atomic E-state index is 0.194. The molecule has 20 heavy (non-hydrogen) atoms. The van der Waals surface area contributed by atoms with Gasteiger partial charge in [0.25, 0.3) is 0 Å². The van der Waals surface area contributed by atoms with Crippen LogP contribution in [0.1, 0.15) is 56.2 Å². The van der Waals surface area contributed by atoms with Crippen molar-refractivity contribution < 1.29 is 4.74 Å². The van der Waals surface area contributed by atoms with Crippen LogP contribution < -0.4 is 5.32 Å². The van der Waals surface area contributed by atoms with E-state index >= 15 is 0 Å². The monoisotopic (exact) mass is 274 g/mol. The van der Waals surface area contributed by atoms with Gasteiger partial charge < -0.3 is 10.1 Å². The van der Waals surface area contributed by atoms with Gasteiger partial charge in [0, 0.05) is 31.1 Å². The number of rotatable bonds is 3. The summed E-state index contributed by atoms with van der Waals surface area (Å²) >= 11 is 0. The molecule has 1 aromatic rings. The van der Waals surface area contributed by atoms with Crippen LogP contribution in [0.3, 0.4) is 0 Å². The second-order valence-corrected chi connectivity index (χ2v) is 6.47. The third-order valence-corrected chi connectivity index (χ3v) is 4.83. The topological polar surface area (TPSA) is 34.1 Å². The van der Waals surface area contributed by atoms with Crippen LogP contribution in [0.15, 0.2) is 18.3 Å². The first kappa shape index (κ1) is 14.0. The lowest BCUT2D eigenvalue weighted by Crippen LogP contribution is -2.47. The van der Waals surface area contributed by atoms with E-state index in [9.17, 15) is 0 Å². The van der Waals surface area contributed by atoms with Gasteiger partial charge in [-0.15, -0.1) is 0 Å². The first-order valence-corrected chi connectivity index (χ1v) is 8.05. The van der Waals surface area contributed by atoms with Gasteiger partial charge in [0.15, 0.2) is 0 Å². The standard InChI is InChI=1S/C17H26N2O/c1-14-5-6-15(12-18-14)13-19-16-7-10-20-17(11-16)8-3-2-4-9-17/h5-6,12,16,19H,2-4,7-11,13H2,1H3. The Morgan fingerprint density at radius 3 is 2.90 bits per heavy atom. The largest absolute Gasteiger partial charge is 0.375 e. The molecule has 1 spiro atoms. The van der Waals surface area contributed by atoms with E-state index in [1.807, 2.05) is 13.1 Å². The summed E-state index contributed by atoms with van der Waals surface area (Å²) in [5, 5.41) is 3.71. The number of pyridine rings is 1. The smallest absolute Gasteiger partial charge is 0.0697 e. The Hall–Kier alpha value is -0.930. The van der Waals surface area contributed by atoms with E-state index in [1.54, 1.807) is 0 Å². The van der Waals surface area contributed by atoms with E-state index in [0.29, 0.717) is 6.04 Å². The summed E-state index contributed by atoms with van der Waals surface area (Å²) in [5.74, 6) is 0.